The average molecular weight is 410 g/mol. The van der Waals surface area contributed by atoms with Gasteiger partial charge in [-0.05, 0) is 47.5 Å². The molecular formula is C22H17ClFN3S. The van der Waals surface area contributed by atoms with Gasteiger partial charge in [0.25, 0.3) is 0 Å². The Morgan fingerprint density at radius 2 is 1.61 bits per heavy atom. The molecule has 0 aliphatic carbocycles. The fraction of sp³-hybridized carbons (Fsp3) is 0.0909. The van der Waals surface area contributed by atoms with Crippen LogP contribution in [0.1, 0.15) is 17.0 Å². The highest BCUT2D eigenvalue weighted by Gasteiger charge is 2.15. The van der Waals surface area contributed by atoms with E-state index in [0.717, 1.165) is 27.8 Å². The molecule has 140 valence electrons. The van der Waals surface area contributed by atoms with Crippen LogP contribution in [0.25, 0.3) is 5.69 Å². The number of aromatic nitrogens is 3. The van der Waals surface area contributed by atoms with E-state index in [4.69, 9.17) is 11.6 Å². The lowest BCUT2D eigenvalue weighted by Gasteiger charge is -2.11. The van der Waals surface area contributed by atoms with Crippen molar-refractivity contribution in [2.75, 3.05) is 0 Å². The maximum atomic E-state index is 13.5. The standard InChI is InChI=1S/C22H17ClFN3S/c23-18-9-11-20(12-10-18)27-21(14-16-5-2-1-3-6-16)25-26-22(27)28-15-17-7-4-8-19(24)13-17/h1-13H,14-15H2. The molecule has 0 aliphatic heterocycles. The van der Waals surface area contributed by atoms with Crippen molar-refractivity contribution in [3.8, 4) is 5.69 Å². The van der Waals surface area contributed by atoms with Gasteiger partial charge in [0.1, 0.15) is 11.6 Å². The second-order valence-electron chi connectivity index (χ2n) is 6.29. The minimum Gasteiger partial charge on any atom is -0.274 e. The molecule has 4 aromatic rings. The third kappa shape index (κ3) is 4.43. The van der Waals surface area contributed by atoms with Crippen molar-refractivity contribution < 1.29 is 4.39 Å². The van der Waals surface area contributed by atoms with Crippen molar-refractivity contribution in [3.05, 3.63) is 107 Å². The summed E-state index contributed by atoms with van der Waals surface area (Å²) < 4.78 is 15.5. The summed E-state index contributed by atoms with van der Waals surface area (Å²) in [5.41, 5.74) is 3.01. The molecule has 0 bridgehead atoms. The van der Waals surface area contributed by atoms with Crippen LogP contribution in [0.2, 0.25) is 5.02 Å². The van der Waals surface area contributed by atoms with E-state index in [2.05, 4.69) is 22.3 Å². The molecule has 28 heavy (non-hydrogen) atoms. The van der Waals surface area contributed by atoms with Crippen molar-refractivity contribution in [2.24, 2.45) is 0 Å². The zero-order valence-corrected chi connectivity index (χ0v) is 16.5. The monoisotopic (exact) mass is 409 g/mol. The largest absolute Gasteiger partial charge is 0.274 e. The first-order valence-corrected chi connectivity index (χ1v) is 10.2. The Hall–Kier alpha value is -2.63. The minimum absolute atomic E-state index is 0.234. The molecule has 3 nitrogen and oxygen atoms in total. The van der Waals surface area contributed by atoms with E-state index in [1.807, 2.05) is 53.1 Å². The Morgan fingerprint density at radius 1 is 0.857 bits per heavy atom. The molecule has 3 aromatic carbocycles. The quantitative estimate of drug-likeness (QED) is 0.369. The summed E-state index contributed by atoms with van der Waals surface area (Å²) >= 11 is 7.59. The smallest absolute Gasteiger partial charge is 0.196 e. The molecule has 1 heterocycles. The molecule has 0 saturated heterocycles. The average Bonchev–Trinajstić information content (AvgIpc) is 3.10. The van der Waals surface area contributed by atoms with Gasteiger partial charge in [0.05, 0.1) is 0 Å². The summed E-state index contributed by atoms with van der Waals surface area (Å²) in [4.78, 5) is 0. The molecule has 0 atom stereocenters. The lowest BCUT2D eigenvalue weighted by Crippen LogP contribution is -2.04. The number of benzene rings is 3. The Labute approximate surface area is 172 Å². The molecule has 6 heteroatoms. The summed E-state index contributed by atoms with van der Waals surface area (Å²) in [6.07, 6.45) is 0.664. The van der Waals surface area contributed by atoms with Crippen LogP contribution in [0.15, 0.2) is 84.0 Å². The van der Waals surface area contributed by atoms with Crippen LogP contribution in [-0.2, 0) is 12.2 Å². The first-order valence-electron chi connectivity index (χ1n) is 8.80. The summed E-state index contributed by atoms with van der Waals surface area (Å²) in [5, 5.41) is 10.3. The van der Waals surface area contributed by atoms with Crippen molar-refractivity contribution in [2.45, 2.75) is 17.3 Å². The van der Waals surface area contributed by atoms with Crippen LogP contribution >= 0.6 is 23.4 Å². The molecule has 0 amide bonds. The molecule has 1 aromatic heterocycles. The van der Waals surface area contributed by atoms with E-state index >= 15 is 0 Å². The summed E-state index contributed by atoms with van der Waals surface area (Å²) in [5.74, 6) is 1.21. The molecule has 0 saturated carbocycles. The molecule has 0 unspecified atom stereocenters. The Bertz CT molecular complexity index is 1060. The van der Waals surface area contributed by atoms with Gasteiger partial charge in [-0.15, -0.1) is 10.2 Å². The molecule has 0 spiro atoms. The van der Waals surface area contributed by atoms with E-state index in [-0.39, 0.29) is 5.82 Å². The maximum absolute atomic E-state index is 13.5. The number of thioether (sulfide) groups is 1. The van der Waals surface area contributed by atoms with Gasteiger partial charge in [-0.3, -0.25) is 4.57 Å². The molecule has 4 rings (SSSR count). The molecular weight excluding hydrogens is 393 g/mol. The van der Waals surface area contributed by atoms with Gasteiger partial charge in [0, 0.05) is 22.9 Å². The number of hydrogen-bond acceptors (Lipinski definition) is 3. The summed E-state index contributed by atoms with van der Waals surface area (Å²) in [7, 11) is 0. The Balaban J connectivity index is 1.66. The van der Waals surface area contributed by atoms with Gasteiger partial charge in [-0.25, -0.2) is 4.39 Å². The highest BCUT2D eigenvalue weighted by atomic mass is 35.5. The predicted molar refractivity (Wildman–Crippen MR) is 112 cm³/mol. The first kappa shape index (κ1) is 18.7. The normalized spacial score (nSPS) is 10.9. The van der Waals surface area contributed by atoms with Gasteiger partial charge in [-0.2, -0.15) is 0 Å². The first-order chi connectivity index (χ1) is 13.7. The van der Waals surface area contributed by atoms with Crippen LogP contribution < -0.4 is 0 Å². The van der Waals surface area contributed by atoms with E-state index in [0.29, 0.717) is 17.2 Å². The summed E-state index contributed by atoms with van der Waals surface area (Å²) in [6.45, 7) is 0. The van der Waals surface area contributed by atoms with Crippen LogP contribution in [-0.4, -0.2) is 14.8 Å². The third-order valence-electron chi connectivity index (χ3n) is 4.25. The fourth-order valence-electron chi connectivity index (χ4n) is 2.91. The SMILES string of the molecule is Fc1cccc(CSc2nnc(Cc3ccccc3)n2-c2ccc(Cl)cc2)c1. The van der Waals surface area contributed by atoms with E-state index in [1.165, 1.54) is 17.8 Å². The van der Waals surface area contributed by atoms with Crippen molar-refractivity contribution >= 4 is 23.4 Å². The number of rotatable bonds is 6. The van der Waals surface area contributed by atoms with Gasteiger partial charge in [0.15, 0.2) is 5.16 Å². The van der Waals surface area contributed by atoms with E-state index in [9.17, 15) is 4.39 Å². The van der Waals surface area contributed by atoms with Crippen LogP contribution in [0.3, 0.4) is 0 Å². The molecule has 0 aliphatic rings. The molecule has 0 fully saturated rings. The Kier molecular flexibility index (Phi) is 5.74. The van der Waals surface area contributed by atoms with Gasteiger partial charge in [-0.1, -0.05) is 65.8 Å². The predicted octanol–water partition coefficient (Wildman–Crippen LogP) is 5.94. The summed E-state index contributed by atoms with van der Waals surface area (Å²) in [6, 6.07) is 24.4. The highest BCUT2D eigenvalue weighted by Crippen LogP contribution is 2.27. The second kappa shape index (κ2) is 8.59. The molecule has 0 radical (unpaired) electrons. The van der Waals surface area contributed by atoms with Crippen LogP contribution in [0.5, 0.6) is 0 Å². The van der Waals surface area contributed by atoms with Crippen molar-refractivity contribution in [1.29, 1.82) is 0 Å². The topological polar surface area (TPSA) is 30.7 Å². The lowest BCUT2D eigenvalue weighted by molar-refractivity contribution is 0.626. The van der Waals surface area contributed by atoms with Crippen molar-refractivity contribution in [3.63, 3.8) is 0 Å². The zero-order valence-electron chi connectivity index (χ0n) is 14.9. The third-order valence-corrected chi connectivity index (χ3v) is 5.50. The lowest BCUT2D eigenvalue weighted by atomic mass is 10.1. The van der Waals surface area contributed by atoms with Gasteiger partial charge in [0.2, 0.25) is 0 Å². The maximum Gasteiger partial charge on any atom is 0.196 e. The zero-order chi connectivity index (χ0) is 19.3. The highest BCUT2D eigenvalue weighted by molar-refractivity contribution is 7.98. The molecule has 0 N–H and O–H groups in total. The fourth-order valence-corrected chi connectivity index (χ4v) is 3.95. The van der Waals surface area contributed by atoms with Crippen LogP contribution in [0.4, 0.5) is 4.39 Å². The van der Waals surface area contributed by atoms with Crippen LogP contribution in [0, 0.1) is 5.82 Å². The van der Waals surface area contributed by atoms with E-state index in [1.54, 1.807) is 12.1 Å². The number of nitrogens with zero attached hydrogens (tertiary/aromatic N) is 3. The Morgan fingerprint density at radius 3 is 2.36 bits per heavy atom. The van der Waals surface area contributed by atoms with Gasteiger partial charge < -0.3 is 0 Å². The number of hydrogen-bond donors (Lipinski definition) is 0. The van der Waals surface area contributed by atoms with E-state index < -0.39 is 0 Å². The number of halogens is 2. The minimum atomic E-state index is -0.234. The second-order valence-corrected chi connectivity index (χ2v) is 7.67. The van der Waals surface area contributed by atoms with Gasteiger partial charge >= 0.3 is 0 Å². The van der Waals surface area contributed by atoms with Crippen molar-refractivity contribution in [1.82, 2.24) is 14.8 Å².